The van der Waals surface area contributed by atoms with Crippen LogP contribution in [0.15, 0.2) is 48.5 Å². The van der Waals surface area contributed by atoms with E-state index in [2.05, 4.69) is 5.32 Å². The maximum absolute atomic E-state index is 13.3. The minimum absolute atomic E-state index is 0.0292. The summed E-state index contributed by atoms with van der Waals surface area (Å²) in [6.45, 7) is 6.09. The van der Waals surface area contributed by atoms with Crippen molar-refractivity contribution in [2.75, 3.05) is 5.75 Å². The van der Waals surface area contributed by atoms with Crippen LogP contribution < -0.4 is 5.32 Å². The molecule has 4 nitrogen and oxygen atoms in total. The molecule has 0 aliphatic carbocycles. The van der Waals surface area contributed by atoms with E-state index in [0.717, 1.165) is 17.5 Å². The Labute approximate surface area is 193 Å². The highest BCUT2D eigenvalue weighted by Gasteiger charge is 2.29. The van der Waals surface area contributed by atoms with E-state index in [-0.39, 0.29) is 36.0 Å². The van der Waals surface area contributed by atoms with Crippen LogP contribution in [0.3, 0.4) is 0 Å². The fourth-order valence-corrected chi connectivity index (χ4v) is 4.18. The van der Waals surface area contributed by atoms with Gasteiger partial charge in [-0.15, -0.1) is 11.8 Å². The molecule has 0 fully saturated rings. The van der Waals surface area contributed by atoms with Crippen molar-refractivity contribution >= 4 is 35.2 Å². The zero-order chi connectivity index (χ0) is 22.8. The molecule has 31 heavy (non-hydrogen) atoms. The Balaban J connectivity index is 2.13. The second kappa shape index (κ2) is 12.7. The lowest BCUT2D eigenvalue weighted by Crippen LogP contribution is -2.51. The molecule has 0 unspecified atom stereocenters. The summed E-state index contributed by atoms with van der Waals surface area (Å²) in [5.41, 5.74) is 1.82. The lowest BCUT2D eigenvalue weighted by molar-refractivity contribution is -0.139. The van der Waals surface area contributed by atoms with Crippen molar-refractivity contribution in [3.63, 3.8) is 0 Å². The van der Waals surface area contributed by atoms with Crippen LogP contribution in [-0.2, 0) is 21.9 Å². The van der Waals surface area contributed by atoms with E-state index in [4.69, 9.17) is 11.6 Å². The van der Waals surface area contributed by atoms with Crippen LogP contribution in [0.4, 0.5) is 4.39 Å². The van der Waals surface area contributed by atoms with Crippen molar-refractivity contribution in [1.82, 2.24) is 10.2 Å². The van der Waals surface area contributed by atoms with Crippen LogP contribution in [0.5, 0.6) is 0 Å². The number of nitrogens with one attached hydrogen (secondary N) is 1. The fourth-order valence-electron chi connectivity index (χ4n) is 3.11. The normalized spacial score (nSPS) is 12.8. The SMILES string of the molecule is CC[C@@H](C)NC(=O)[C@@H](CC)N(Cc1ccc(F)cc1)C(=O)CSCc1cccc(Cl)c1. The zero-order valence-corrected chi connectivity index (χ0v) is 19.8. The Morgan fingerprint density at radius 3 is 2.42 bits per heavy atom. The van der Waals surface area contributed by atoms with Gasteiger partial charge < -0.3 is 10.2 Å². The molecule has 0 aromatic heterocycles. The predicted octanol–water partition coefficient (Wildman–Crippen LogP) is 5.43. The Kier molecular flexibility index (Phi) is 10.3. The number of hydrogen-bond acceptors (Lipinski definition) is 3. The van der Waals surface area contributed by atoms with E-state index in [1.54, 1.807) is 17.0 Å². The molecule has 2 aromatic carbocycles. The number of carbonyl (C=O) groups excluding carboxylic acids is 2. The highest BCUT2D eigenvalue weighted by Crippen LogP contribution is 2.19. The molecule has 2 amide bonds. The first kappa shape index (κ1) is 25.2. The molecule has 0 saturated heterocycles. The van der Waals surface area contributed by atoms with Gasteiger partial charge in [-0.3, -0.25) is 9.59 Å². The van der Waals surface area contributed by atoms with E-state index in [9.17, 15) is 14.0 Å². The topological polar surface area (TPSA) is 49.4 Å². The second-order valence-corrected chi connectivity index (χ2v) is 8.93. The van der Waals surface area contributed by atoms with Crippen molar-refractivity contribution in [2.45, 2.75) is 58.0 Å². The van der Waals surface area contributed by atoms with Gasteiger partial charge in [-0.1, -0.05) is 49.7 Å². The van der Waals surface area contributed by atoms with Gasteiger partial charge in [0.25, 0.3) is 0 Å². The summed E-state index contributed by atoms with van der Waals surface area (Å²) >= 11 is 7.51. The van der Waals surface area contributed by atoms with E-state index >= 15 is 0 Å². The summed E-state index contributed by atoms with van der Waals surface area (Å²) in [5.74, 6) is 0.266. The van der Waals surface area contributed by atoms with Gasteiger partial charge >= 0.3 is 0 Å². The number of carbonyl (C=O) groups is 2. The number of amides is 2. The smallest absolute Gasteiger partial charge is 0.243 e. The van der Waals surface area contributed by atoms with E-state index < -0.39 is 6.04 Å². The van der Waals surface area contributed by atoms with Crippen molar-refractivity contribution in [1.29, 1.82) is 0 Å². The monoisotopic (exact) mass is 464 g/mol. The molecule has 1 N–H and O–H groups in total. The molecule has 0 saturated carbocycles. The molecule has 7 heteroatoms. The lowest BCUT2D eigenvalue weighted by atomic mass is 10.1. The Bertz CT molecular complexity index is 863. The minimum Gasteiger partial charge on any atom is -0.352 e. The molecule has 0 heterocycles. The van der Waals surface area contributed by atoms with Crippen LogP contribution in [-0.4, -0.2) is 34.6 Å². The summed E-state index contributed by atoms with van der Waals surface area (Å²) < 4.78 is 13.3. The molecule has 0 radical (unpaired) electrons. The van der Waals surface area contributed by atoms with Crippen LogP contribution in [0, 0.1) is 5.82 Å². The summed E-state index contributed by atoms with van der Waals surface area (Å²) in [7, 11) is 0. The van der Waals surface area contributed by atoms with Crippen molar-refractivity contribution in [2.24, 2.45) is 0 Å². The zero-order valence-electron chi connectivity index (χ0n) is 18.2. The number of benzene rings is 2. The van der Waals surface area contributed by atoms with Crippen LogP contribution in [0.1, 0.15) is 44.7 Å². The standard InChI is InChI=1S/C24H30ClFN2O2S/c1-4-17(3)27-24(30)22(5-2)28(14-18-9-11-21(26)12-10-18)23(29)16-31-15-19-7-6-8-20(25)13-19/h6-13,17,22H,4-5,14-16H2,1-3H3,(H,27,30)/t17-,22-/m1/s1. The van der Waals surface area contributed by atoms with E-state index in [1.807, 2.05) is 45.0 Å². The predicted molar refractivity (Wildman–Crippen MR) is 127 cm³/mol. The largest absolute Gasteiger partial charge is 0.352 e. The molecule has 2 atom stereocenters. The molecule has 2 rings (SSSR count). The van der Waals surface area contributed by atoms with Crippen molar-refractivity contribution in [3.8, 4) is 0 Å². The third-order valence-corrected chi connectivity index (χ3v) is 6.26. The molecule has 0 aliphatic heterocycles. The molecular weight excluding hydrogens is 435 g/mol. The highest BCUT2D eigenvalue weighted by molar-refractivity contribution is 7.99. The van der Waals surface area contributed by atoms with Crippen LogP contribution in [0.25, 0.3) is 0 Å². The van der Waals surface area contributed by atoms with Gasteiger partial charge in [-0.25, -0.2) is 4.39 Å². The second-order valence-electron chi connectivity index (χ2n) is 7.51. The van der Waals surface area contributed by atoms with Crippen LogP contribution in [0.2, 0.25) is 5.02 Å². The molecule has 2 aromatic rings. The maximum Gasteiger partial charge on any atom is 0.243 e. The molecular formula is C24H30ClFN2O2S. The highest BCUT2D eigenvalue weighted by atomic mass is 35.5. The number of nitrogens with zero attached hydrogens (tertiary/aromatic N) is 1. The average Bonchev–Trinajstić information content (AvgIpc) is 2.74. The Hall–Kier alpha value is -2.05. The van der Waals surface area contributed by atoms with Crippen molar-refractivity contribution < 1.29 is 14.0 Å². The number of rotatable bonds is 11. The van der Waals surface area contributed by atoms with Gasteiger partial charge in [0.05, 0.1) is 5.75 Å². The first-order chi connectivity index (χ1) is 14.8. The summed E-state index contributed by atoms with van der Waals surface area (Å²) in [5, 5.41) is 3.65. The third-order valence-electron chi connectivity index (χ3n) is 5.04. The maximum atomic E-state index is 13.3. The molecule has 0 bridgehead atoms. The van der Waals surface area contributed by atoms with Gasteiger partial charge in [-0.2, -0.15) is 0 Å². The number of thioether (sulfide) groups is 1. The van der Waals surface area contributed by atoms with Gasteiger partial charge in [-0.05, 0) is 55.2 Å². The Morgan fingerprint density at radius 2 is 1.81 bits per heavy atom. The van der Waals surface area contributed by atoms with E-state index in [1.165, 1.54) is 23.9 Å². The lowest BCUT2D eigenvalue weighted by Gasteiger charge is -2.31. The quantitative estimate of drug-likeness (QED) is 0.482. The third kappa shape index (κ3) is 8.19. The van der Waals surface area contributed by atoms with E-state index in [0.29, 0.717) is 17.2 Å². The van der Waals surface area contributed by atoms with Gasteiger partial charge in [0, 0.05) is 23.4 Å². The molecule has 0 aliphatic rings. The van der Waals surface area contributed by atoms with Gasteiger partial charge in [0.15, 0.2) is 0 Å². The molecule has 0 spiro atoms. The summed E-state index contributed by atoms with van der Waals surface area (Å²) in [6, 6.07) is 13.0. The number of halogens is 2. The summed E-state index contributed by atoms with van der Waals surface area (Å²) in [4.78, 5) is 27.6. The first-order valence-electron chi connectivity index (χ1n) is 10.5. The fraction of sp³-hybridized carbons (Fsp3) is 0.417. The van der Waals surface area contributed by atoms with Crippen LogP contribution >= 0.6 is 23.4 Å². The first-order valence-corrected chi connectivity index (χ1v) is 12.0. The Morgan fingerprint density at radius 1 is 1.10 bits per heavy atom. The minimum atomic E-state index is -0.585. The van der Waals surface area contributed by atoms with Gasteiger partial charge in [0.2, 0.25) is 11.8 Å². The van der Waals surface area contributed by atoms with Gasteiger partial charge in [0.1, 0.15) is 11.9 Å². The summed E-state index contributed by atoms with van der Waals surface area (Å²) in [6.07, 6.45) is 1.30. The molecule has 168 valence electrons. The number of hydrogen-bond donors (Lipinski definition) is 1. The van der Waals surface area contributed by atoms with Crippen molar-refractivity contribution in [3.05, 3.63) is 70.5 Å². The average molecular weight is 465 g/mol.